The highest BCUT2D eigenvalue weighted by molar-refractivity contribution is 5.91. The molecule has 56 heavy (non-hydrogen) atoms. The number of phenolic OH excluding ortho intramolecular Hbond substituents is 4. The minimum atomic E-state index is -2.06. The fraction of sp³-hybridized carbons (Fsp3) is 0.424. The normalized spacial score (nSPS) is 27.6. The van der Waals surface area contributed by atoms with Crippen molar-refractivity contribution in [3.63, 3.8) is 0 Å². The molecule has 2 fully saturated rings. The number of benzene rings is 2. The van der Waals surface area contributed by atoms with Gasteiger partial charge in [0.1, 0.15) is 91.8 Å². The van der Waals surface area contributed by atoms with Crippen LogP contribution in [0.5, 0.6) is 34.5 Å². The average Bonchev–Trinajstić information content (AvgIpc) is 3.12. The second-order valence-electron chi connectivity index (χ2n) is 12.4. The van der Waals surface area contributed by atoms with Gasteiger partial charge in [0.2, 0.25) is 18.3 Å². The van der Waals surface area contributed by atoms with Gasteiger partial charge in [-0.05, 0) is 0 Å². The van der Waals surface area contributed by atoms with Crippen LogP contribution in [-0.4, -0.2) is 160 Å². The quantitative estimate of drug-likeness (QED) is 0.0371. The Bertz CT molecular complexity index is 1940. The van der Waals surface area contributed by atoms with Crippen LogP contribution in [-0.2, 0) is 38.1 Å². The summed E-state index contributed by atoms with van der Waals surface area (Å²) in [4.78, 5) is 45.2. The lowest BCUT2D eigenvalue weighted by atomic mass is 9.99. The van der Waals surface area contributed by atoms with E-state index in [1.807, 2.05) is 0 Å². The number of carbonyl (C=O) groups excluding carboxylic acids is 2. The maximum atomic E-state index is 11.8. The lowest BCUT2D eigenvalue weighted by molar-refractivity contribution is -0.278. The maximum Gasteiger partial charge on any atom is 0.402 e. The molecule has 0 saturated carbocycles. The van der Waals surface area contributed by atoms with E-state index in [4.69, 9.17) is 43.1 Å². The molecular weight excluding hydrogens is 764 g/mol. The summed E-state index contributed by atoms with van der Waals surface area (Å²) in [5, 5.41) is 122. The Morgan fingerprint density at radius 2 is 1.07 bits per heavy atom. The molecule has 3 heterocycles. The molecular formula is C33H35O23+. The molecule has 12 N–H and O–H groups in total. The van der Waals surface area contributed by atoms with Gasteiger partial charge < -0.3 is 89.7 Å². The predicted octanol–water partition coefficient (Wildman–Crippen LogP) is -2.39. The van der Waals surface area contributed by atoms with Crippen LogP contribution in [0.3, 0.4) is 0 Å². The van der Waals surface area contributed by atoms with E-state index in [0.717, 1.165) is 30.3 Å². The Labute approximate surface area is 311 Å². The number of carboxylic acids is 2. The number of carboxylic acid groups (broad SMARTS) is 2. The van der Waals surface area contributed by atoms with Gasteiger partial charge >= 0.3 is 35.2 Å². The van der Waals surface area contributed by atoms with E-state index in [9.17, 15) is 70.2 Å². The fourth-order valence-corrected chi connectivity index (χ4v) is 5.54. The molecule has 0 bridgehead atoms. The number of rotatable bonds is 13. The molecule has 1 aromatic heterocycles. The summed E-state index contributed by atoms with van der Waals surface area (Å²) in [6.07, 6.45) is -21.0. The van der Waals surface area contributed by atoms with Gasteiger partial charge in [0, 0.05) is 24.3 Å². The highest BCUT2D eigenvalue weighted by atomic mass is 16.7. The molecule has 0 aliphatic carbocycles. The van der Waals surface area contributed by atoms with E-state index in [1.165, 1.54) is 0 Å². The van der Waals surface area contributed by atoms with E-state index < -0.39 is 152 Å². The van der Waals surface area contributed by atoms with Crippen molar-refractivity contribution in [3.8, 4) is 45.8 Å². The standard InChI is InChI=1S/C33H34O23/c34-11-3-15-12(16(4-11)53-32-29(48)27(46)25(44)18(55-32)8-50-22(41)6-20(37)38)5-17(31(52-15)10-1-13(35)24(43)14(36)2-10)54-33-30(49)28(47)26(45)19(56-33)9-51-23(42)7-21(39)40/h1-5,18-19,25-30,32-33,44-49H,6-9H2,(H5-,34,35,36,37,38,39,40,43)/p+1/t18-,19-,25-,26-,27-,28-,29-,30-,32-,33-/m1/s1. The largest absolute Gasteiger partial charge is 0.507 e. The maximum absolute atomic E-state index is 11.8. The minimum Gasteiger partial charge on any atom is -0.507 e. The summed E-state index contributed by atoms with van der Waals surface area (Å²) >= 11 is 0. The average molecular weight is 800 g/mol. The fourth-order valence-electron chi connectivity index (χ4n) is 5.54. The van der Waals surface area contributed by atoms with Crippen LogP contribution in [0.15, 0.2) is 34.7 Å². The Hall–Kier alpha value is -5.79. The molecule has 0 spiro atoms. The zero-order chi connectivity index (χ0) is 41.2. The van der Waals surface area contributed by atoms with Crippen molar-refractivity contribution in [2.24, 2.45) is 0 Å². The Kier molecular flexibility index (Phi) is 12.5. The molecule has 0 radical (unpaired) electrons. The van der Waals surface area contributed by atoms with Gasteiger partial charge in [-0.15, -0.1) is 0 Å². The first kappa shape index (κ1) is 41.4. The number of phenols is 4. The van der Waals surface area contributed by atoms with E-state index in [0.29, 0.717) is 0 Å². The van der Waals surface area contributed by atoms with Crippen LogP contribution in [0.1, 0.15) is 12.8 Å². The zero-order valence-electron chi connectivity index (χ0n) is 28.3. The van der Waals surface area contributed by atoms with Crippen molar-refractivity contribution < 1.29 is 113 Å². The molecule has 2 saturated heterocycles. The number of aliphatic hydroxyl groups is 6. The molecule has 0 unspecified atom stereocenters. The van der Waals surface area contributed by atoms with Gasteiger partial charge in [0.05, 0.1) is 11.6 Å². The van der Waals surface area contributed by atoms with Crippen LogP contribution in [0.2, 0.25) is 0 Å². The van der Waals surface area contributed by atoms with E-state index in [1.54, 1.807) is 0 Å². The van der Waals surface area contributed by atoms with Crippen LogP contribution in [0.4, 0.5) is 0 Å². The van der Waals surface area contributed by atoms with Crippen LogP contribution in [0, 0.1) is 0 Å². The third kappa shape index (κ3) is 9.18. The zero-order valence-corrected chi connectivity index (χ0v) is 28.3. The van der Waals surface area contributed by atoms with Crippen molar-refractivity contribution in [1.29, 1.82) is 0 Å². The molecule has 3 aromatic rings. The second-order valence-corrected chi connectivity index (χ2v) is 12.4. The van der Waals surface area contributed by atoms with E-state index in [-0.39, 0.29) is 16.5 Å². The number of ether oxygens (including phenoxy) is 6. The lowest BCUT2D eigenvalue weighted by Gasteiger charge is -2.40. The topological polar surface area (TPSA) is 378 Å². The number of esters is 2. The second kappa shape index (κ2) is 16.9. The predicted molar refractivity (Wildman–Crippen MR) is 174 cm³/mol. The number of aliphatic carboxylic acids is 2. The van der Waals surface area contributed by atoms with Crippen molar-refractivity contribution >= 4 is 34.8 Å². The highest BCUT2D eigenvalue weighted by Gasteiger charge is 2.48. The highest BCUT2D eigenvalue weighted by Crippen LogP contribution is 2.45. The summed E-state index contributed by atoms with van der Waals surface area (Å²) in [5.41, 5.74) is -0.503. The number of hydrogen-bond acceptors (Lipinski definition) is 20. The summed E-state index contributed by atoms with van der Waals surface area (Å²) < 4.78 is 38.2. The van der Waals surface area contributed by atoms with Gasteiger partial charge in [-0.1, -0.05) is 0 Å². The third-order valence-corrected chi connectivity index (χ3v) is 8.36. The van der Waals surface area contributed by atoms with Crippen molar-refractivity contribution in [3.05, 3.63) is 30.3 Å². The number of carbonyl (C=O) groups is 4. The smallest absolute Gasteiger partial charge is 0.402 e. The van der Waals surface area contributed by atoms with Gasteiger partial charge in [0.15, 0.2) is 17.2 Å². The molecule has 23 heteroatoms. The molecule has 2 aromatic carbocycles. The Balaban J connectivity index is 1.53. The van der Waals surface area contributed by atoms with Gasteiger partial charge in [-0.3, -0.25) is 19.2 Å². The van der Waals surface area contributed by atoms with Crippen molar-refractivity contribution in [2.45, 2.75) is 74.3 Å². The van der Waals surface area contributed by atoms with Crippen LogP contribution in [0.25, 0.3) is 22.3 Å². The number of aromatic hydroxyl groups is 4. The molecule has 2 aliphatic heterocycles. The van der Waals surface area contributed by atoms with Gasteiger partial charge in [-0.2, -0.15) is 0 Å². The Morgan fingerprint density at radius 3 is 1.54 bits per heavy atom. The van der Waals surface area contributed by atoms with Gasteiger partial charge in [0.25, 0.3) is 0 Å². The van der Waals surface area contributed by atoms with Crippen LogP contribution < -0.4 is 9.47 Å². The van der Waals surface area contributed by atoms with E-state index in [2.05, 4.69) is 0 Å². The number of aliphatic hydroxyl groups excluding tert-OH is 6. The monoisotopic (exact) mass is 799 g/mol. The first-order valence-corrected chi connectivity index (χ1v) is 16.2. The van der Waals surface area contributed by atoms with Crippen molar-refractivity contribution in [2.75, 3.05) is 13.2 Å². The molecule has 0 amide bonds. The summed E-state index contributed by atoms with van der Waals surface area (Å²) in [7, 11) is 0. The summed E-state index contributed by atoms with van der Waals surface area (Å²) in [5.74, 6) is -10.0. The van der Waals surface area contributed by atoms with Crippen LogP contribution >= 0.6 is 0 Å². The van der Waals surface area contributed by atoms with Crippen molar-refractivity contribution in [1.82, 2.24) is 0 Å². The van der Waals surface area contributed by atoms with E-state index >= 15 is 0 Å². The summed E-state index contributed by atoms with van der Waals surface area (Å²) in [6, 6.07) is 4.88. The summed E-state index contributed by atoms with van der Waals surface area (Å²) in [6.45, 7) is -1.63. The third-order valence-electron chi connectivity index (χ3n) is 8.36. The first-order valence-electron chi connectivity index (χ1n) is 16.2. The number of hydrogen-bond donors (Lipinski definition) is 12. The number of fused-ring (bicyclic) bond motifs is 1. The minimum absolute atomic E-state index is 0.167. The van der Waals surface area contributed by atoms with Gasteiger partial charge in [-0.25, -0.2) is 4.42 Å². The molecule has 10 atom stereocenters. The molecule has 23 nitrogen and oxygen atoms in total. The Morgan fingerprint density at radius 1 is 0.607 bits per heavy atom. The molecule has 5 rings (SSSR count). The lowest BCUT2D eigenvalue weighted by Crippen LogP contribution is -2.60. The SMILES string of the molecule is O=C(O)CC(=O)OC[C@H]1O[C@@H](Oc2cc3c(O[C@@H]4O[C@H](COC(=O)CC(=O)O)[C@@H](O)[C@@H](O)[C@H]4O)cc(O)cc3[o+]c2-c2cc(O)c(O)c(O)c2)[C@H](O)[C@H](O)[C@@H]1O. The first-order chi connectivity index (χ1) is 26.3. The molecule has 2 aliphatic rings. The molecule has 304 valence electrons.